The van der Waals surface area contributed by atoms with Crippen molar-refractivity contribution in [2.45, 2.75) is 41.0 Å². The molecular weight excluding hydrogens is 264 g/mol. The average Bonchev–Trinajstić information content (AvgIpc) is 2.38. The number of carbonyl (C=O) groups excluding carboxylic acids is 1. The molecule has 1 aromatic rings. The highest BCUT2D eigenvalue weighted by atomic mass is 16.5. The normalized spacial score (nSPS) is 12.9. The summed E-state index contributed by atoms with van der Waals surface area (Å²) in [6.45, 7) is 11.2. The van der Waals surface area contributed by atoms with E-state index >= 15 is 0 Å². The second-order valence-electron chi connectivity index (χ2n) is 6.62. The van der Waals surface area contributed by atoms with Crippen molar-refractivity contribution in [2.24, 2.45) is 17.1 Å². The maximum Gasteiger partial charge on any atom is 0.228 e. The molecule has 1 amide bonds. The van der Waals surface area contributed by atoms with Crippen molar-refractivity contribution < 1.29 is 9.53 Å². The van der Waals surface area contributed by atoms with E-state index < -0.39 is 0 Å². The van der Waals surface area contributed by atoms with Gasteiger partial charge in [-0.3, -0.25) is 4.79 Å². The molecular formula is C17H28N2O2. The van der Waals surface area contributed by atoms with E-state index in [2.05, 4.69) is 26.1 Å². The minimum atomic E-state index is -0.194. The molecule has 0 radical (unpaired) electrons. The molecule has 4 nitrogen and oxygen atoms in total. The van der Waals surface area contributed by atoms with Gasteiger partial charge in [0.25, 0.3) is 0 Å². The van der Waals surface area contributed by atoms with E-state index in [9.17, 15) is 4.79 Å². The molecule has 1 atom stereocenters. The number of nitrogens with one attached hydrogen (secondary N) is 1. The third kappa shape index (κ3) is 5.76. The maximum absolute atomic E-state index is 12.4. The van der Waals surface area contributed by atoms with E-state index in [-0.39, 0.29) is 17.2 Å². The molecule has 0 aliphatic heterocycles. The summed E-state index contributed by atoms with van der Waals surface area (Å²) in [7, 11) is 0. The first-order chi connectivity index (χ1) is 9.76. The summed E-state index contributed by atoms with van der Waals surface area (Å²) in [5.41, 5.74) is 7.64. The summed E-state index contributed by atoms with van der Waals surface area (Å²) in [5.74, 6) is 0.468. The van der Waals surface area contributed by atoms with E-state index in [0.717, 1.165) is 12.0 Å². The van der Waals surface area contributed by atoms with Crippen LogP contribution in [0.2, 0.25) is 0 Å². The summed E-state index contributed by atoms with van der Waals surface area (Å²) in [4.78, 5) is 12.4. The summed E-state index contributed by atoms with van der Waals surface area (Å²) >= 11 is 0. The molecule has 0 saturated heterocycles. The Hall–Kier alpha value is -1.55. The van der Waals surface area contributed by atoms with Gasteiger partial charge in [0.2, 0.25) is 5.91 Å². The highest BCUT2D eigenvalue weighted by Gasteiger charge is 2.24. The Kier molecular flexibility index (Phi) is 6.21. The number of amides is 1. The topological polar surface area (TPSA) is 64.3 Å². The third-order valence-electron chi connectivity index (χ3n) is 3.21. The quantitative estimate of drug-likeness (QED) is 0.845. The lowest BCUT2D eigenvalue weighted by molar-refractivity contribution is -0.120. The van der Waals surface area contributed by atoms with Crippen LogP contribution < -0.4 is 15.8 Å². The standard InChI is InChI=1S/C17H28N2O2/c1-6-21-15-9-12(2)7-8-14(15)19-16(20)13(11-18)10-17(3,4)5/h7-9,13H,6,10-11,18H2,1-5H3,(H,19,20). The van der Waals surface area contributed by atoms with Gasteiger partial charge in [-0.2, -0.15) is 0 Å². The summed E-state index contributed by atoms with van der Waals surface area (Å²) in [6, 6.07) is 5.77. The zero-order chi connectivity index (χ0) is 16.0. The molecule has 0 spiro atoms. The van der Waals surface area contributed by atoms with Crippen LogP contribution in [0.4, 0.5) is 5.69 Å². The lowest BCUT2D eigenvalue weighted by Gasteiger charge is -2.24. The minimum absolute atomic E-state index is 0.0442. The number of rotatable bonds is 6. The fraction of sp³-hybridized carbons (Fsp3) is 0.588. The van der Waals surface area contributed by atoms with E-state index in [1.165, 1.54) is 0 Å². The lowest BCUT2D eigenvalue weighted by atomic mass is 9.84. The Labute approximate surface area is 128 Å². The van der Waals surface area contributed by atoms with Crippen molar-refractivity contribution in [3.05, 3.63) is 23.8 Å². The van der Waals surface area contributed by atoms with Crippen LogP contribution >= 0.6 is 0 Å². The first-order valence-electron chi connectivity index (χ1n) is 7.51. The van der Waals surface area contributed by atoms with Gasteiger partial charge in [0.05, 0.1) is 18.2 Å². The van der Waals surface area contributed by atoms with Crippen LogP contribution in [-0.2, 0) is 4.79 Å². The molecule has 1 aromatic carbocycles. The van der Waals surface area contributed by atoms with E-state index in [4.69, 9.17) is 10.5 Å². The number of hydrogen-bond donors (Lipinski definition) is 2. The Balaban J connectivity index is 2.86. The third-order valence-corrected chi connectivity index (χ3v) is 3.21. The second kappa shape index (κ2) is 7.46. The first-order valence-corrected chi connectivity index (χ1v) is 7.51. The smallest absolute Gasteiger partial charge is 0.228 e. The average molecular weight is 292 g/mol. The molecule has 0 bridgehead atoms. The first kappa shape index (κ1) is 17.5. The van der Waals surface area contributed by atoms with Gasteiger partial charge in [-0.25, -0.2) is 0 Å². The Morgan fingerprint density at radius 3 is 2.57 bits per heavy atom. The molecule has 0 fully saturated rings. The zero-order valence-electron chi connectivity index (χ0n) is 13.8. The van der Waals surface area contributed by atoms with Crippen LogP contribution in [0.5, 0.6) is 5.75 Å². The molecule has 3 N–H and O–H groups in total. The van der Waals surface area contributed by atoms with Crippen molar-refractivity contribution in [1.82, 2.24) is 0 Å². The molecule has 0 heterocycles. The SMILES string of the molecule is CCOc1cc(C)ccc1NC(=O)C(CN)CC(C)(C)C. The van der Waals surface area contributed by atoms with E-state index in [0.29, 0.717) is 24.6 Å². The molecule has 4 heteroatoms. The number of carbonyl (C=O) groups is 1. The second-order valence-corrected chi connectivity index (χ2v) is 6.62. The monoisotopic (exact) mass is 292 g/mol. The molecule has 21 heavy (non-hydrogen) atoms. The number of aryl methyl sites for hydroxylation is 1. The number of benzene rings is 1. The van der Waals surface area contributed by atoms with Crippen LogP contribution in [0, 0.1) is 18.3 Å². The van der Waals surface area contributed by atoms with Crippen LogP contribution in [0.25, 0.3) is 0 Å². The van der Waals surface area contributed by atoms with Gasteiger partial charge in [0.1, 0.15) is 5.75 Å². The lowest BCUT2D eigenvalue weighted by Crippen LogP contribution is -2.32. The largest absolute Gasteiger partial charge is 0.492 e. The van der Waals surface area contributed by atoms with E-state index in [1.807, 2.05) is 32.0 Å². The van der Waals surface area contributed by atoms with Crippen molar-refractivity contribution >= 4 is 11.6 Å². The molecule has 0 saturated carbocycles. The van der Waals surface area contributed by atoms with Gasteiger partial charge in [0.15, 0.2) is 0 Å². The van der Waals surface area contributed by atoms with E-state index in [1.54, 1.807) is 0 Å². The van der Waals surface area contributed by atoms with Crippen LogP contribution in [0.3, 0.4) is 0 Å². The van der Waals surface area contributed by atoms with Crippen molar-refractivity contribution in [1.29, 1.82) is 0 Å². The molecule has 0 aromatic heterocycles. The zero-order valence-corrected chi connectivity index (χ0v) is 13.8. The maximum atomic E-state index is 12.4. The highest BCUT2D eigenvalue weighted by Crippen LogP contribution is 2.28. The molecule has 0 aliphatic rings. The Morgan fingerprint density at radius 2 is 2.05 bits per heavy atom. The van der Waals surface area contributed by atoms with Gasteiger partial charge < -0.3 is 15.8 Å². The Bertz CT molecular complexity index is 478. The van der Waals surface area contributed by atoms with Crippen LogP contribution in [0.1, 0.15) is 39.7 Å². The van der Waals surface area contributed by atoms with Gasteiger partial charge in [0, 0.05) is 6.54 Å². The summed E-state index contributed by atoms with van der Waals surface area (Å²) in [5, 5.41) is 2.95. The molecule has 1 rings (SSSR count). The highest BCUT2D eigenvalue weighted by molar-refractivity contribution is 5.94. The van der Waals surface area contributed by atoms with Gasteiger partial charge in [-0.05, 0) is 43.4 Å². The summed E-state index contributed by atoms with van der Waals surface area (Å²) in [6.07, 6.45) is 0.755. The van der Waals surface area contributed by atoms with Crippen LogP contribution in [-0.4, -0.2) is 19.1 Å². The number of anilines is 1. The predicted octanol–water partition coefficient (Wildman–Crippen LogP) is 3.34. The predicted molar refractivity (Wildman–Crippen MR) is 87.6 cm³/mol. The molecule has 1 unspecified atom stereocenters. The summed E-state index contributed by atoms with van der Waals surface area (Å²) < 4.78 is 5.59. The van der Waals surface area contributed by atoms with Crippen LogP contribution in [0.15, 0.2) is 18.2 Å². The number of hydrogen-bond acceptors (Lipinski definition) is 3. The molecule has 0 aliphatic carbocycles. The fourth-order valence-corrected chi connectivity index (χ4v) is 2.26. The fourth-order valence-electron chi connectivity index (χ4n) is 2.26. The van der Waals surface area contributed by atoms with Crippen molar-refractivity contribution in [2.75, 3.05) is 18.5 Å². The number of ether oxygens (including phenoxy) is 1. The minimum Gasteiger partial charge on any atom is -0.492 e. The van der Waals surface area contributed by atoms with Crippen molar-refractivity contribution in [3.8, 4) is 5.75 Å². The van der Waals surface area contributed by atoms with Gasteiger partial charge in [-0.1, -0.05) is 26.8 Å². The van der Waals surface area contributed by atoms with Crippen molar-refractivity contribution in [3.63, 3.8) is 0 Å². The number of nitrogens with two attached hydrogens (primary N) is 1. The van der Waals surface area contributed by atoms with Gasteiger partial charge >= 0.3 is 0 Å². The van der Waals surface area contributed by atoms with Gasteiger partial charge in [-0.15, -0.1) is 0 Å². The molecule has 118 valence electrons. The Morgan fingerprint density at radius 1 is 1.38 bits per heavy atom.